The second-order valence-corrected chi connectivity index (χ2v) is 5.96. The molecular weight excluding hydrogens is 294 g/mol. The van der Waals surface area contributed by atoms with E-state index in [0.717, 1.165) is 32.0 Å². The van der Waals surface area contributed by atoms with E-state index in [1.54, 1.807) is 6.07 Å². The first-order chi connectivity index (χ1) is 10.1. The molecule has 2 aliphatic heterocycles. The van der Waals surface area contributed by atoms with Gasteiger partial charge in [0.05, 0.1) is 5.56 Å². The van der Waals surface area contributed by atoms with Crippen LogP contribution in [0.15, 0.2) is 18.2 Å². The molecule has 2 heterocycles. The Morgan fingerprint density at radius 3 is 2.32 bits per heavy atom. The van der Waals surface area contributed by atoms with E-state index in [2.05, 4.69) is 9.80 Å². The van der Waals surface area contributed by atoms with Gasteiger partial charge in [0.15, 0.2) is 0 Å². The maximum absolute atomic E-state index is 13.6. The number of benzene rings is 1. The van der Waals surface area contributed by atoms with Crippen molar-refractivity contribution in [3.63, 3.8) is 0 Å². The fraction of sp³-hybridized carbons (Fsp3) is 0.562. The third kappa shape index (κ3) is 4.02. The van der Waals surface area contributed by atoms with Crippen molar-refractivity contribution in [2.45, 2.75) is 31.7 Å². The molecule has 3 rings (SSSR count). The minimum absolute atomic E-state index is 0. The summed E-state index contributed by atoms with van der Waals surface area (Å²) >= 11 is 0. The van der Waals surface area contributed by atoms with Gasteiger partial charge >= 0.3 is 35.5 Å². The molecule has 1 aromatic rings. The van der Waals surface area contributed by atoms with E-state index in [9.17, 15) is 9.18 Å². The van der Waals surface area contributed by atoms with Crippen LogP contribution in [0.1, 0.15) is 36.0 Å². The first kappa shape index (κ1) is 17.7. The van der Waals surface area contributed by atoms with Crippen LogP contribution >= 0.6 is 0 Å². The van der Waals surface area contributed by atoms with E-state index in [4.69, 9.17) is 5.11 Å². The molecule has 2 fully saturated rings. The van der Waals surface area contributed by atoms with E-state index in [1.807, 2.05) is 0 Å². The second-order valence-electron chi connectivity index (χ2n) is 5.96. The molecule has 2 saturated heterocycles. The first-order valence-corrected chi connectivity index (χ1v) is 7.66. The summed E-state index contributed by atoms with van der Waals surface area (Å²) in [6.07, 6.45) is 4.73. The number of halogens is 1. The minimum atomic E-state index is -1.08. The summed E-state index contributed by atoms with van der Waals surface area (Å²) in [6, 6.07) is 4.71. The normalized spacial score (nSPS) is 20.0. The topological polar surface area (TPSA) is 43.8 Å². The van der Waals surface area contributed by atoms with Crippen molar-refractivity contribution in [1.29, 1.82) is 0 Å². The van der Waals surface area contributed by atoms with Crippen LogP contribution in [0.3, 0.4) is 0 Å². The average Bonchev–Trinajstić information content (AvgIpc) is 3.01. The zero-order valence-electron chi connectivity index (χ0n) is 12.1. The second kappa shape index (κ2) is 7.77. The van der Waals surface area contributed by atoms with Crippen molar-refractivity contribution >= 4 is 41.2 Å². The van der Waals surface area contributed by atoms with Crippen molar-refractivity contribution in [1.82, 2.24) is 4.90 Å². The van der Waals surface area contributed by atoms with Crippen LogP contribution < -0.4 is 4.90 Å². The van der Waals surface area contributed by atoms with Gasteiger partial charge in [-0.25, -0.2) is 9.18 Å². The molecule has 4 nitrogen and oxygen atoms in total. The number of nitrogens with zero attached hydrogens (tertiary/aromatic N) is 2. The van der Waals surface area contributed by atoms with Gasteiger partial charge < -0.3 is 14.9 Å². The van der Waals surface area contributed by atoms with Gasteiger partial charge in [0.25, 0.3) is 0 Å². The van der Waals surface area contributed by atoms with Crippen molar-refractivity contribution in [2.24, 2.45) is 0 Å². The molecule has 1 N–H and O–H groups in total. The summed E-state index contributed by atoms with van der Waals surface area (Å²) in [6.45, 7) is 4.13. The first-order valence-electron chi connectivity index (χ1n) is 7.66. The van der Waals surface area contributed by atoms with Gasteiger partial charge in [-0.05, 0) is 57.0 Å². The summed E-state index contributed by atoms with van der Waals surface area (Å²) in [7, 11) is 0. The summed E-state index contributed by atoms with van der Waals surface area (Å²) in [5.41, 5.74) is 0.707. The zero-order valence-corrected chi connectivity index (χ0v) is 12.1. The molecule has 2 aliphatic rings. The van der Waals surface area contributed by atoms with E-state index < -0.39 is 11.8 Å². The summed E-state index contributed by atoms with van der Waals surface area (Å²) in [5.74, 6) is -1.56. The molecule has 0 saturated carbocycles. The molecule has 116 valence electrons. The molecule has 0 bridgehead atoms. The van der Waals surface area contributed by atoms with E-state index in [1.165, 1.54) is 32.0 Å². The molecule has 0 spiro atoms. The Bertz CT molecular complexity index is 527. The number of rotatable bonds is 3. The van der Waals surface area contributed by atoms with Crippen LogP contribution in [0.5, 0.6) is 0 Å². The fourth-order valence-corrected chi connectivity index (χ4v) is 3.48. The van der Waals surface area contributed by atoms with E-state index in [0.29, 0.717) is 11.7 Å². The third-order valence-electron chi connectivity index (χ3n) is 4.62. The van der Waals surface area contributed by atoms with Crippen LogP contribution in [-0.2, 0) is 0 Å². The monoisotopic (exact) mass is 316 g/mol. The molecule has 0 aliphatic carbocycles. The summed E-state index contributed by atoms with van der Waals surface area (Å²) < 4.78 is 13.6. The molecule has 0 atom stereocenters. The summed E-state index contributed by atoms with van der Waals surface area (Å²) in [4.78, 5) is 15.7. The predicted octanol–water partition coefficient (Wildman–Crippen LogP) is 1.94. The molecule has 0 radical (unpaired) electrons. The number of hydrogen-bond acceptors (Lipinski definition) is 3. The number of anilines is 1. The van der Waals surface area contributed by atoms with Crippen LogP contribution in [-0.4, -0.2) is 77.8 Å². The number of hydrogen-bond donors (Lipinski definition) is 1. The Morgan fingerprint density at radius 2 is 1.73 bits per heavy atom. The van der Waals surface area contributed by atoms with Gasteiger partial charge in [0.1, 0.15) is 5.82 Å². The van der Waals surface area contributed by atoms with Crippen molar-refractivity contribution in [3.05, 3.63) is 29.6 Å². The Labute approximate surface area is 152 Å². The molecule has 0 amide bonds. The average molecular weight is 316 g/mol. The SMILES string of the molecule is O=C(O)c1cc(F)cc(N2CCC(N3CCCC3)CC2)c1.[NaH]. The number of piperidine rings is 1. The number of aromatic carboxylic acids is 1. The van der Waals surface area contributed by atoms with Gasteiger partial charge in [0.2, 0.25) is 0 Å². The Balaban J connectivity index is 0.00000176. The van der Waals surface area contributed by atoms with Gasteiger partial charge in [-0.2, -0.15) is 0 Å². The van der Waals surface area contributed by atoms with Gasteiger partial charge in [-0.1, -0.05) is 0 Å². The van der Waals surface area contributed by atoms with Gasteiger partial charge in [-0.3, -0.25) is 0 Å². The summed E-state index contributed by atoms with van der Waals surface area (Å²) in [5, 5.41) is 9.03. The number of carboxylic acid groups (broad SMARTS) is 1. The number of likely N-dealkylation sites (tertiary alicyclic amines) is 1. The molecule has 0 unspecified atom stereocenters. The molecule has 22 heavy (non-hydrogen) atoms. The zero-order chi connectivity index (χ0) is 14.8. The third-order valence-corrected chi connectivity index (χ3v) is 4.62. The van der Waals surface area contributed by atoms with Crippen molar-refractivity contribution in [2.75, 3.05) is 31.1 Å². The Hall–Kier alpha value is -0.620. The molecule has 0 aromatic heterocycles. The van der Waals surface area contributed by atoms with Crippen LogP contribution in [0, 0.1) is 5.82 Å². The van der Waals surface area contributed by atoms with Crippen molar-refractivity contribution in [3.8, 4) is 0 Å². The number of carboxylic acids is 1. The van der Waals surface area contributed by atoms with Gasteiger partial charge in [-0.15, -0.1) is 0 Å². The molecular formula is C16H22FN2NaO2. The van der Waals surface area contributed by atoms with E-state index >= 15 is 0 Å². The Kier molecular flexibility index (Phi) is 6.26. The standard InChI is InChI=1S/C16H21FN2O2.Na.H/c17-13-9-12(16(20)21)10-15(11-13)19-7-3-14(4-8-19)18-5-1-2-6-18;;/h9-11,14H,1-8H2,(H,20,21);;. The maximum atomic E-state index is 13.6. The predicted molar refractivity (Wildman–Crippen MR) is 86.6 cm³/mol. The van der Waals surface area contributed by atoms with Crippen LogP contribution in [0.2, 0.25) is 0 Å². The van der Waals surface area contributed by atoms with Crippen LogP contribution in [0.4, 0.5) is 10.1 Å². The Morgan fingerprint density at radius 1 is 1.09 bits per heavy atom. The van der Waals surface area contributed by atoms with Crippen LogP contribution in [0.25, 0.3) is 0 Å². The van der Waals surface area contributed by atoms with Crippen molar-refractivity contribution < 1.29 is 14.3 Å². The molecule has 1 aromatic carbocycles. The quantitative estimate of drug-likeness (QED) is 0.866. The molecule has 6 heteroatoms. The van der Waals surface area contributed by atoms with E-state index in [-0.39, 0.29) is 35.1 Å². The van der Waals surface area contributed by atoms with Gasteiger partial charge in [0, 0.05) is 24.8 Å². The fourth-order valence-electron chi connectivity index (χ4n) is 3.48. The number of carbonyl (C=O) groups is 1.